The molecule has 0 fully saturated rings. The van der Waals surface area contributed by atoms with E-state index in [2.05, 4.69) is 10.3 Å². The van der Waals surface area contributed by atoms with Crippen molar-refractivity contribution in [2.24, 2.45) is 0 Å². The number of rotatable bonds is 4. The Morgan fingerprint density at radius 3 is 2.68 bits per heavy atom. The molecule has 0 bridgehead atoms. The lowest BCUT2D eigenvalue weighted by Gasteiger charge is -2.10. The summed E-state index contributed by atoms with van der Waals surface area (Å²) in [6.45, 7) is 3.19. The van der Waals surface area contributed by atoms with Gasteiger partial charge in [-0.2, -0.15) is 0 Å². The molecule has 0 amide bonds. The summed E-state index contributed by atoms with van der Waals surface area (Å²) in [5.41, 5.74) is 2.98. The number of halogens is 2. The Bertz CT molecular complexity index is 588. The molecule has 0 spiro atoms. The first kappa shape index (κ1) is 14.1. The van der Waals surface area contributed by atoms with Crippen LogP contribution in [0.25, 0.3) is 0 Å². The highest BCUT2D eigenvalue weighted by Gasteiger charge is 2.07. The van der Waals surface area contributed by atoms with Crippen molar-refractivity contribution in [1.29, 1.82) is 0 Å². The van der Waals surface area contributed by atoms with E-state index in [9.17, 15) is 5.11 Å². The number of pyridine rings is 1. The average molecular weight is 297 g/mol. The molecular weight excluding hydrogens is 283 g/mol. The molecule has 100 valence electrons. The van der Waals surface area contributed by atoms with Gasteiger partial charge in [0.15, 0.2) is 0 Å². The van der Waals surface area contributed by atoms with Crippen LogP contribution in [0.15, 0.2) is 30.6 Å². The van der Waals surface area contributed by atoms with Gasteiger partial charge < -0.3 is 10.4 Å². The number of benzene rings is 1. The van der Waals surface area contributed by atoms with E-state index in [4.69, 9.17) is 23.2 Å². The number of phenols is 1. The molecule has 1 aromatic heterocycles. The van der Waals surface area contributed by atoms with E-state index < -0.39 is 0 Å². The van der Waals surface area contributed by atoms with Crippen molar-refractivity contribution >= 4 is 23.2 Å². The molecule has 1 heterocycles. The van der Waals surface area contributed by atoms with Crippen LogP contribution >= 0.6 is 23.2 Å². The highest BCUT2D eigenvalue weighted by Crippen LogP contribution is 2.30. The monoisotopic (exact) mass is 296 g/mol. The zero-order valence-corrected chi connectivity index (χ0v) is 12.0. The van der Waals surface area contributed by atoms with Gasteiger partial charge in [-0.05, 0) is 36.2 Å². The second-order valence-corrected chi connectivity index (χ2v) is 5.14. The largest absolute Gasteiger partial charge is 0.506 e. The van der Waals surface area contributed by atoms with E-state index in [0.717, 1.165) is 5.56 Å². The van der Waals surface area contributed by atoms with Crippen molar-refractivity contribution < 1.29 is 5.11 Å². The summed E-state index contributed by atoms with van der Waals surface area (Å²) >= 11 is 11.8. The second-order valence-electron chi connectivity index (χ2n) is 4.30. The Morgan fingerprint density at radius 1 is 1.21 bits per heavy atom. The molecule has 2 N–H and O–H groups in total. The quantitative estimate of drug-likeness (QED) is 0.904. The maximum atomic E-state index is 9.83. The van der Waals surface area contributed by atoms with Gasteiger partial charge in [-0.25, -0.2) is 0 Å². The molecule has 0 saturated carbocycles. The lowest BCUT2D eigenvalue weighted by molar-refractivity contribution is 0.464. The number of hydrogen-bond acceptors (Lipinski definition) is 3. The maximum Gasteiger partial charge on any atom is 0.138 e. The average Bonchev–Trinajstić information content (AvgIpc) is 2.37. The highest BCUT2D eigenvalue weighted by molar-refractivity contribution is 6.35. The minimum absolute atomic E-state index is 0.0708. The summed E-state index contributed by atoms with van der Waals surface area (Å²) in [4.78, 5) is 4.09. The van der Waals surface area contributed by atoms with Gasteiger partial charge in [-0.1, -0.05) is 23.2 Å². The Hall–Kier alpha value is -1.29. The highest BCUT2D eigenvalue weighted by atomic mass is 35.5. The van der Waals surface area contributed by atoms with Gasteiger partial charge in [0.1, 0.15) is 5.75 Å². The summed E-state index contributed by atoms with van der Waals surface area (Å²) in [6.07, 6.45) is 3.59. The van der Waals surface area contributed by atoms with Gasteiger partial charge in [0.05, 0.1) is 5.02 Å². The van der Waals surface area contributed by atoms with Crippen LogP contribution < -0.4 is 5.32 Å². The topological polar surface area (TPSA) is 45.2 Å². The van der Waals surface area contributed by atoms with E-state index in [1.165, 1.54) is 11.6 Å². The summed E-state index contributed by atoms with van der Waals surface area (Å²) in [6, 6.07) is 5.18. The Morgan fingerprint density at radius 2 is 1.95 bits per heavy atom. The van der Waals surface area contributed by atoms with Crippen LogP contribution in [0.3, 0.4) is 0 Å². The molecular formula is C14H14Cl2N2O. The van der Waals surface area contributed by atoms with Crippen LogP contribution in [0.1, 0.15) is 16.7 Å². The third-order valence-corrected chi connectivity index (χ3v) is 3.39. The normalized spacial score (nSPS) is 10.7. The molecule has 2 aromatic rings. The molecule has 5 heteroatoms. The van der Waals surface area contributed by atoms with Gasteiger partial charge in [-0.15, -0.1) is 0 Å². The summed E-state index contributed by atoms with van der Waals surface area (Å²) < 4.78 is 0. The molecule has 0 atom stereocenters. The fourth-order valence-electron chi connectivity index (χ4n) is 1.77. The lowest BCUT2D eigenvalue weighted by Crippen LogP contribution is -2.13. The van der Waals surface area contributed by atoms with Gasteiger partial charge in [0, 0.05) is 36.1 Å². The van der Waals surface area contributed by atoms with Crippen LogP contribution in [0.4, 0.5) is 0 Å². The molecule has 0 aliphatic rings. The van der Waals surface area contributed by atoms with E-state index in [0.29, 0.717) is 23.7 Å². The zero-order valence-electron chi connectivity index (χ0n) is 10.5. The van der Waals surface area contributed by atoms with Crippen molar-refractivity contribution in [2.45, 2.75) is 20.0 Å². The molecule has 19 heavy (non-hydrogen) atoms. The first-order valence-electron chi connectivity index (χ1n) is 5.85. The van der Waals surface area contributed by atoms with Crippen LogP contribution in [0.2, 0.25) is 10.0 Å². The Kier molecular flexibility index (Phi) is 4.64. The molecule has 3 nitrogen and oxygen atoms in total. The van der Waals surface area contributed by atoms with Crippen molar-refractivity contribution in [3.63, 3.8) is 0 Å². The van der Waals surface area contributed by atoms with E-state index >= 15 is 0 Å². The SMILES string of the molecule is Cc1ccncc1CNCc1cc(Cl)cc(Cl)c1O. The van der Waals surface area contributed by atoms with Crippen LogP contribution in [0, 0.1) is 6.92 Å². The van der Waals surface area contributed by atoms with Gasteiger partial charge >= 0.3 is 0 Å². The maximum absolute atomic E-state index is 9.83. The number of phenolic OH excluding ortho intramolecular Hbond substituents is 1. The third-order valence-electron chi connectivity index (χ3n) is 2.89. The Balaban J connectivity index is 2.02. The first-order chi connectivity index (χ1) is 9.08. The van der Waals surface area contributed by atoms with Crippen LogP contribution in [-0.4, -0.2) is 10.1 Å². The van der Waals surface area contributed by atoms with Crippen LogP contribution in [0.5, 0.6) is 5.75 Å². The summed E-state index contributed by atoms with van der Waals surface area (Å²) in [7, 11) is 0. The van der Waals surface area contributed by atoms with E-state index in [-0.39, 0.29) is 10.8 Å². The summed E-state index contributed by atoms with van der Waals surface area (Å²) in [5, 5.41) is 13.8. The van der Waals surface area contributed by atoms with Crippen molar-refractivity contribution in [3.8, 4) is 5.75 Å². The molecule has 1 aromatic carbocycles. The number of nitrogens with one attached hydrogen (secondary N) is 1. The molecule has 0 saturated heterocycles. The number of aromatic hydroxyl groups is 1. The number of nitrogens with zero attached hydrogens (tertiary/aromatic N) is 1. The van der Waals surface area contributed by atoms with Gasteiger partial charge in [0.2, 0.25) is 0 Å². The summed E-state index contributed by atoms with van der Waals surface area (Å²) in [5.74, 6) is 0.0708. The van der Waals surface area contributed by atoms with Gasteiger partial charge in [0.25, 0.3) is 0 Å². The number of aryl methyl sites for hydroxylation is 1. The van der Waals surface area contributed by atoms with E-state index in [1.54, 1.807) is 12.3 Å². The first-order valence-corrected chi connectivity index (χ1v) is 6.60. The molecule has 0 aliphatic heterocycles. The van der Waals surface area contributed by atoms with E-state index in [1.807, 2.05) is 19.2 Å². The number of aromatic nitrogens is 1. The van der Waals surface area contributed by atoms with Crippen molar-refractivity contribution in [1.82, 2.24) is 10.3 Å². The molecule has 2 rings (SSSR count). The molecule has 0 radical (unpaired) electrons. The number of hydrogen-bond donors (Lipinski definition) is 2. The van der Waals surface area contributed by atoms with Crippen LogP contribution in [-0.2, 0) is 13.1 Å². The fraction of sp³-hybridized carbons (Fsp3) is 0.214. The zero-order chi connectivity index (χ0) is 13.8. The predicted molar refractivity (Wildman–Crippen MR) is 77.6 cm³/mol. The lowest BCUT2D eigenvalue weighted by atomic mass is 10.1. The minimum atomic E-state index is 0.0708. The van der Waals surface area contributed by atoms with Gasteiger partial charge in [-0.3, -0.25) is 4.98 Å². The molecule has 0 unspecified atom stereocenters. The van der Waals surface area contributed by atoms with Crippen molar-refractivity contribution in [2.75, 3.05) is 0 Å². The second kappa shape index (κ2) is 6.24. The fourth-order valence-corrected chi connectivity index (χ4v) is 2.30. The minimum Gasteiger partial charge on any atom is -0.506 e. The predicted octanol–water partition coefficient (Wildman–Crippen LogP) is 3.69. The smallest absolute Gasteiger partial charge is 0.138 e. The Labute approximate surface area is 122 Å². The standard InChI is InChI=1S/C14H14Cl2N2O/c1-9-2-3-17-7-11(9)8-18-6-10-4-12(15)5-13(16)14(10)19/h2-5,7,18-19H,6,8H2,1H3. The third kappa shape index (κ3) is 3.60. The molecule has 0 aliphatic carbocycles. The van der Waals surface area contributed by atoms with Crippen molar-refractivity contribution in [3.05, 3.63) is 57.3 Å².